The maximum absolute atomic E-state index is 13.5. The molecule has 0 aromatic carbocycles. The van der Waals surface area contributed by atoms with E-state index >= 15 is 0 Å². The van der Waals surface area contributed by atoms with Crippen molar-refractivity contribution in [3.05, 3.63) is 60.4 Å². The second kappa shape index (κ2) is 8.13. The molecule has 4 heterocycles. The van der Waals surface area contributed by atoms with Gasteiger partial charge in [0, 0.05) is 30.6 Å². The van der Waals surface area contributed by atoms with E-state index in [1.807, 2.05) is 0 Å². The summed E-state index contributed by atoms with van der Waals surface area (Å²) in [6.07, 6.45) is 0.952. The maximum Gasteiger partial charge on any atom is 0.433 e. The van der Waals surface area contributed by atoms with E-state index in [0.717, 1.165) is 6.07 Å². The minimum atomic E-state index is -4.64. The number of hydrogen-bond donors (Lipinski definition) is 1. The van der Waals surface area contributed by atoms with Gasteiger partial charge in [-0.15, -0.1) is 0 Å². The average molecular weight is 417 g/mol. The van der Waals surface area contributed by atoms with Gasteiger partial charge in [0.1, 0.15) is 17.6 Å². The zero-order chi connectivity index (χ0) is 21.1. The first kappa shape index (κ1) is 19.9. The van der Waals surface area contributed by atoms with Crippen molar-refractivity contribution in [3.8, 4) is 11.4 Å². The van der Waals surface area contributed by atoms with E-state index in [0.29, 0.717) is 30.7 Å². The van der Waals surface area contributed by atoms with Crippen LogP contribution in [0.15, 0.2) is 53.4 Å². The van der Waals surface area contributed by atoms with E-state index in [2.05, 4.69) is 20.3 Å². The Morgan fingerprint density at radius 1 is 1.23 bits per heavy atom. The summed E-state index contributed by atoms with van der Waals surface area (Å²) in [7, 11) is 0. The molecule has 0 spiro atoms. The minimum Gasteiger partial charge on any atom is -0.467 e. The van der Waals surface area contributed by atoms with Gasteiger partial charge >= 0.3 is 6.18 Å². The topological polar surface area (TPSA) is 84.2 Å². The number of halogens is 3. The highest BCUT2D eigenvalue weighted by Gasteiger charge is 2.37. The van der Waals surface area contributed by atoms with Crippen LogP contribution >= 0.6 is 0 Å². The molecule has 0 radical (unpaired) electrons. The molecule has 1 atom stereocenters. The molecule has 10 heteroatoms. The summed E-state index contributed by atoms with van der Waals surface area (Å²) in [5.41, 5.74) is -0.642. The van der Waals surface area contributed by atoms with E-state index in [9.17, 15) is 18.0 Å². The number of nitrogens with one attached hydrogen (secondary N) is 1. The molecule has 3 aromatic heterocycles. The molecular weight excluding hydrogens is 399 g/mol. The monoisotopic (exact) mass is 417 g/mol. The third kappa shape index (κ3) is 4.27. The number of carbonyl (C=O) groups is 1. The molecule has 4 rings (SSSR count). The predicted molar refractivity (Wildman–Crippen MR) is 101 cm³/mol. The number of nitrogens with zero attached hydrogens (tertiary/aromatic N) is 4. The standard InChI is InChI=1S/C20H18F3N5O2/c21-20(22,23)16-11-17(27-18(26-16)13-5-7-24-8-6-13)28-9-1-4-15(28)19(29)25-12-14-3-2-10-30-14/h2-3,5-8,10-11,15H,1,4,9,12H2,(H,25,29). The normalized spacial score (nSPS) is 16.6. The van der Waals surface area contributed by atoms with Gasteiger partial charge in [0.2, 0.25) is 5.91 Å². The van der Waals surface area contributed by atoms with Crippen LogP contribution in [0.4, 0.5) is 19.0 Å². The largest absolute Gasteiger partial charge is 0.467 e. The fourth-order valence-electron chi connectivity index (χ4n) is 3.38. The van der Waals surface area contributed by atoms with Crippen molar-refractivity contribution < 1.29 is 22.4 Å². The molecule has 1 amide bonds. The highest BCUT2D eigenvalue weighted by Crippen LogP contribution is 2.33. The van der Waals surface area contributed by atoms with E-state index < -0.39 is 17.9 Å². The van der Waals surface area contributed by atoms with Crippen molar-refractivity contribution in [2.24, 2.45) is 0 Å². The van der Waals surface area contributed by atoms with Crippen LogP contribution in [0.25, 0.3) is 11.4 Å². The van der Waals surface area contributed by atoms with Crippen LogP contribution in [-0.4, -0.2) is 33.4 Å². The molecule has 3 aromatic rings. The van der Waals surface area contributed by atoms with Crippen LogP contribution in [0.2, 0.25) is 0 Å². The molecule has 1 aliphatic rings. The summed E-state index contributed by atoms with van der Waals surface area (Å²) in [6, 6.07) is 6.79. The molecule has 1 N–H and O–H groups in total. The number of pyridine rings is 1. The molecule has 0 bridgehead atoms. The number of amides is 1. The Hall–Kier alpha value is -3.43. The third-order valence-corrected chi connectivity index (χ3v) is 4.81. The first-order valence-electron chi connectivity index (χ1n) is 9.35. The minimum absolute atomic E-state index is 0.0659. The Morgan fingerprint density at radius 3 is 2.73 bits per heavy atom. The fraction of sp³-hybridized carbons (Fsp3) is 0.300. The Bertz CT molecular complexity index is 1010. The molecule has 0 saturated carbocycles. The number of rotatable bonds is 5. The van der Waals surface area contributed by atoms with Gasteiger partial charge in [0.25, 0.3) is 0 Å². The van der Waals surface area contributed by atoms with Crippen LogP contribution in [0, 0.1) is 0 Å². The summed E-state index contributed by atoms with van der Waals surface area (Å²) in [5.74, 6) is 0.305. The quantitative estimate of drug-likeness (QED) is 0.685. The summed E-state index contributed by atoms with van der Waals surface area (Å²) >= 11 is 0. The van der Waals surface area contributed by atoms with Crippen LogP contribution in [0.3, 0.4) is 0 Å². The first-order chi connectivity index (χ1) is 14.4. The highest BCUT2D eigenvalue weighted by atomic mass is 19.4. The lowest BCUT2D eigenvalue weighted by Crippen LogP contribution is -2.43. The third-order valence-electron chi connectivity index (χ3n) is 4.81. The number of hydrogen-bond acceptors (Lipinski definition) is 6. The molecule has 1 aliphatic heterocycles. The smallest absolute Gasteiger partial charge is 0.433 e. The number of anilines is 1. The summed E-state index contributed by atoms with van der Waals surface area (Å²) in [6.45, 7) is 0.624. The van der Waals surface area contributed by atoms with Crippen molar-refractivity contribution in [3.63, 3.8) is 0 Å². The first-order valence-corrected chi connectivity index (χ1v) is 9.35. The lowest BCUT2D eigenvalue weighted by Gasteiger charge is -2.25. The molecule has 0 aliphatic carbocycles. The van der Waals surface area contributed by atoms with E-state index in [4.69, 9.17) is 4.42 Å². The lowest BCUT2D eigenvalue weighted by molar-refractivity contribution is -0.141. The second-order valence-corrected chi connectivity index (χ2v) is 6.82. The summed E-state index contributed by atoms with van der Waals surface area (Å²) < 4.78 is 45.6. The Morgan fingerprint density at radius 2 is 2.03 bits per heavy atom. The van der Waals surface area contributed by atoms with Crippen LogP contribution in [-0.2, 0) is 17.5 Å². The van der Waals surface area contributed by atoms with Gasteiger partial charge in [0.05, 0.1) is 12.8 Å². The average Bonchev–Trinajstić information content (AvgIpc) is 3.44. The van der Waals surface area contributed by atoms with Gasteiger partial charge in [0.15, 0.2) is 11.5 Å². The molecule has 1 unspecified atom stereocenters. The SMILES string of the molecule is O=C(NCc1ccco1)C1CCCN1c1cc(C(F)(F)F)nc(-c2ccncc2)n1. The van der Waals surface area contributed by atoms with E-state index in [-0.39, 0.29) is 24.1 Å². The van der Waals surface area contributed by atoms with Gasteiger partial charge in [-0.1, -0.05) is 0 Å². The molecule has 156 valence electrons. The fourth-order valence-corrected chi connectivity index (χ4v) is 3.38. The Labute approximate surface area is 170 Å². The molecule has 1 fully saturated rings. The number of furan rings is 1. The van der Waals surface area contributed by atoms with Gasteiger partial charge in [-0.25, -0.2) is 9.97 Å². The molecule has 1 saturated heterocycles. The van der Waals surface area contributed by atoms with Crippen LogP contribution < -0.4 is 10.2 Å². The van der Waals surface area contributed by atoms with Crippen molar-refractivity contribution in [1.82, 2.24) is 20.3 Å². The van der Waals surface area contributed by atoms with Gasteiger partial charge in [-0.3, -0.25) is 9.78 Å². The summed E-state index contributed by atoms with van der Waals surface area (Å²) in [4.78, 5) is 26.2. The van der Waals surface area contributed by atoms with Gasteiger partial charge in [-0.2, -0.15) is 13.2 Å². The summed E-state index contributed by atoms with van der Waals surface area (Å²) in [5, 5.41) is 2.77. The van der Waals surface area contributed by atoms with Gasteiger partial charge < -0.3 is 14.6 Å². The molecular formula is C20H18F3N5O2. The molecule has 7 nitrogen and oxygen atoms in total. The van der Waals surface area contributed by atoms with Crippen LogP contribution in [0.1, 0.15) is 24.3 Å². The highest BCUT2D eigenvalue weighted by molar-refractivity contribution is 5.85. The number of carbonyl (C=O) groups excluding carboxylic acids is 1. The zero-order valence-electron chi connectivity index (χ0n) is 15.8. The van der Waals surface area contributed by atoms with E-state index in [1.54, 1.807) is 17.0 Å². The van der Waals surface area contributed by atoms with Crippen molar-refractivity contribution in [2.75, 3.05) is 11.4 Å². The van der Waals surface area contributed by atoms with Crippen molar-refractivity contribution >= 4 is 11.7 Å². The lowest BCUT2D eigenvalue weighted by atomic mass is 10.2. The Kier molecular flexibility index (Phi) is 5.39. The van der Waals surface area contributed by atoms with Crippen LogP contribution in [0.5, 0.6) is 0 Å². The second-order valence-electron chi connectivity index (χ2n) is 6.82. The van der Waals surface area contributed by atoms with Gasteiger partial charge in [-0.05, 0) is 37.1 Å². The van der Waals surface area contributed by atoms with Crippen molar-refractivity contribution in [1.29, 1.82) is 0 Å². The number of alkyl halides is 3. The van der Waals surface area contributed by atoms with E-state index in [1.165, 1.54) is 30.8 Å². The zero-order valence-corrected chi connectivity index (χ0v) is 15.8. The maximum atomic E-state index is 13.5. The predicted octanol–water partition coefficient (Wildman–Crippen LogP) is 3.44. The molecule has 30 heavy (non-hydrogen) atoms. The van der Waals surface area contributed by atoms with Crippen molar-refractivity contribution in [2.45, 2.75) is 31.6 Å². The number of aromatic nitrogens is 3. The Balaban J connectivity index is 1.63.